The van der Waals surface area contributed by atoms with Crippen molar-refractivity contribution in [1.29, 1.82) is 0 Å². The lowest BCUT2D eigenvalue weighted by Gasteiger charge is -2.37. The van der Waals surface area contributed by atoms with Crippen LogP contribution in [-0.4, -0.2) is 16.3 Å². The van der Waals surface area contributed by atoms with E-state index in [0.717, 1.165) is 34.8 Å². The van der Waals surface area contributed by atoms with E-state index < -0.39 is 6.04 Å². The molecule has 2 aliphatic rings. The number of aryl methyl sites for hydroxylation is 1. The molecule has 0 saturated heterocycles. The molecule has 2 aromatic rings. The number of nitrogens with zero attached hydrogens (tertiary/aromatic N) is 2. The summed E-state index contributed by atoms with van der Waals surface area (Å²) in [7, 11) is 1.96. The summed E-state index contributed by atoms with van der Waals surface area (Å²) in [5.41, 5.74) is 4.19. The Morgan fingerprint density at radius 2 is 1.93 bits per heavy atom. The van der Waals surface area contributed by atoms with Crippen molar-refractivity contribution in [2.45, 2.75) is 46.1 Å². The maximum absolute atomic E-state index is 13.4. The molecule has 0 fully saturated rings. The highest BCUT2D eigenvalue weighted by Crippen LogP contribution is 2.48. The van der Waals surface area contributed by atoms with Gasteiger partial charge < -0.3 is 9.88 Å². The third-order valence-corrected chi connectivity index (χ3v) is 5.74. The molecule has 1 aliphatic carbocycles. The van der Waals surface area contributed by atoms with E-state index in [2.05, 4.69) is 19.2 Å². The molecule has 0 spiro atoms. The van der Waals surface area contributed by atoms with Gasteiger partial charge in [0.15, 0.2) is 5.78 Å². The predicted molar refractivity (Wildman–Crippen MR) is 111 cm³/mol. The third kappa shape index (κ3) is 2.95. The number of aromatic nitrogens is 1. The van der Waals surface area contributed by atoms with Gasteiger partial charge >= 0.3 is 0 Å². The van der Waals surface area contributed by atoms with Crippen molar-refractivity contribution in [1.82, 2.24) is 4.57 Å². The molecular formula is C23H27N3O2. The molecule has 1 aromatic heterocycles. The molecule has 1 amide bonds. The number of carbonyl (C=O) groups excluding carboxylic acids is 2. The van der Waals surface area contributed by atoms with Crippen LogP contribution in [0.15, 0.2) is 53.9 Å². The third-order valence-electron chi connectivity index (χ3n) is 5.74. The molecule has 0 unspecified atom stereocenters. The molecule has 0 bridgehead atoms. The Bertz CT molecular complexity index is 983. The normalized spacial score (nSPS) is 20.9. The second-order valence-electron chi connectivity index (χ2n) is 8.54. The number of fused-ring (bicyclic) bond motifs is 1. The zero-order valence-corrected chi connectivity index (χ0v) is 17.0. The van der Waals surface area contributed by atoms with Gasteiger partial charge in [0.1, 0.15) is 6.04 Å². The largest absolute Gasteiger partial charge is 0.357 e. The number of hydrogen-bond acceptors (Lipinski definition) is 3. The number of amides is 1. The Morgan fingerprint density at radius 3 is 2.61 bits per heavy atom. The van der Waals surface area contributed by atoms with Gasteiger partial charge in [-0.1, -0.05) is 32.9 Å². The van der Waals surface area contributed by atoms with Gasteiger partial charge in [-0.15, -0.1) is 0 Å². The number of allylic oxidation sites excluding steroid dienone is 1. The van der Waals surface area contributed by atoms with Crippen molar-refractivity contribution in [3.05, 3.63) is 59.6 Å². The second-order valence-corrected chi connectivity index (χ2v) is 8.54. The molecule has 1 atom stereocenters. The van der Waals surface area contributed by atoms with Crippen molar-refractivity contribution >= 4 is 23.1 Å². The van der Waals surface area contributed by atoms with E-state index in [1.807, 2.05) is 66.0 Å². The SMILES string of the molecule is CCC(=O)N1c2ccccc2NC2=C(C(=O)CC(C)(C)C2)[C@H]1c1cccn1C. The van der Waals surface area contributed by atoms with E-state index >= 15 is 0 Å². The Kier molecular flexibility index (Phi) is 4.41. The molecule has 5 heteroatoms. The molecule has 28 heavy (non-hydrogen) atoms. The molecular weight excluding hydrogens is 350 g/mol. The standard InChI is InChI=1S/C23H27N3O2/c1-5-20(28)26-17-10-7-6-9-15(17)24-16-13-23(2,3)14-19(27)21(16)22(26)18-11-8-12-25(18)4/h6-12,22,24H,5,13-14H2,1-4H3/t22-/m1/s1. The summed E-state index contributed by atoms with van der Waals surface area (Å²) < 4.78 is 2.01. The summed E-state index contributed by atoms with van der Waals surface area (Å²) in [6, 6.07) is 11.4. The van der Waals surface area contributed by atoms with Crippen LogP contribution in [0.5, 0.6) is 0 Å². The van der Waals surface area contributed by atoms with Gasteiger partial charge in [0.05, 0.1) is 11.4 Å². The topological polar surface area (TPSA) is 54.3 Å². The fraction of sp³-hybridized carbons (Fsp3) is 0.391. The summed E-state index contributed by atoms with van der Waals surface area (Å²) in [6.07, 6.45) is 3.60. The van der Waals surface area contributed by atoms with Crippen LogP contribution in [0.2, 0.25) is 0 Å². The van der Waals surface area contributed by atoms with E-state index in [1.165, 1.54) is 0 Å². The van der Waals surface area contributed by atoms with Gasteiger partial charge in [-0.3, -0.25) is 14.5 Å². The monoisotopic (exact) mass is 377 g/mol. The van der Waals surface area contributed by atoms with Crippen molar-refractivity contribution in [3.63, 3.8) is 0 Å². The first-order valence-electron chi connectivity index (χ1n) is 9.88. The van der Waals surface area contributed by atoms with Crippen LogP contribution in [-0.2, 0) is 16.6 Å². The molecule has 4 rings (SSSR count). The first-order valence-corrected chi connectivity index (χ1v) is 9.88. The maximum Gasteiger partial charge on any atom is 0.227 e. The molecule has 0 saturated carbocycles. The lowest BCUT2D eigenvalue weighted by atomic mass is 9.73. The molecule has 146 valence electrons. The van der Waals surface area contributed by atoms with Gasteiger partial charge in [0.25, 0.3) is 0 Å². The minimum atomic E-state index is -0.429. The number of Topliss-reactive ketones (excluding diaryl/α,β-unsaturated/α-hetero) is 1. The maximum atomic E-state index is 13.4. The number of ketones is 1. The summed E-state index contributed by atoms with van der Waals surface area (Å²) in [5.74, 6) is 0.124. The highest BCUT2D eigenvalue weighted by molar-refractivity contribution is 6.06. The lowest BCUT2D eigenvalue weighted by Crippen LogP contribution is -2.40. The predicted octanol–water partition coefficient (Wildman–Crippen LogP) is 4.58. The molecule has 2 heterocycles. The van der Waals surface area contributed by atoms with Crippen LogP contribution >= 0.6 is 0 Å². The fourth-order valence-electron chi connectivity index (χ4n) is 4.47. The van der Waals surface area contributed by atoms with E-state index in [0.29, 0.717) is 12.8 Å². The number of carbonyl (C=O) groups is 2. The van der Waals surface area contributed by atoms with E-state index in [9.17, 15) is 9.59 Å². The first-order chi connectivity index (χ1) is 13.3. The fourth-order valence-corrected chi connectivity index (χ4v) is 4.47. The zero-order chi connectivity index (χ0) is 20.1. The summed E-state index contributed by atoms with van der Waals surface area (Å²) in [5, 5.41) is 3.52. The Morgan fingerprint density at radius 1 is 1.18 bits per heavy atom. The summed E-state index contributed by atoms with van der Waals surface area (Å²) >= 11 is 0. The number of anilines is 2. The highest BCUT2D eigenvalue weighted by atomic mass is 16.2. The Hall–Kier alpha value is -2.82. The highest BCUT2D eigenvalue weighted by Gasteiger charge is 2.43. The Balaban J connectivity index is 2.02. The number of hydrogen-bond donors (Lipinski definition) is 1. The van der Waals surface area contributed by atoms with E-state index in [1.54, 1.807) is 0 Å². The molecule has 5 nitrogen and oxygen atoms in total. The minimum Gasteiger partial charge on any atom is -0.357 e. The molecule has 1 aliphatic heterocycles. The van der Waals surface area contributed by atoms with Gasteiger partial charge in [-0.2, -0.15) is 0 Å². The van der Waals surface area contributed by atoms with Crippen LogP contribution in [0.25, 0.3) is 0 Å². The number of benzene rings is 1. The van der Waals surface area contributed by atoms with E-state index in [4.69, 9.17) is 0 Å². The average Bonchev–Trinajstić information content (AvgIpc) is 2.99. The number of rotatable bonds is 2. The van der Waals surface area contributed by atoms with Gasteiger partial charge in [-0.25, -0.2) is 0 Å². The Labute approximate surface area is 166 Å². The van der Waals surface area contributed by atoms with Gasteiger partial charge in [0.2, 0.25) is 5.91 Å². The van der Waals surface area contributed by atoms with Crippen LogP contribution in [0.3, 0.4) is 0 Å². The van der Waals surface area contributed by atoms with Crippen molar-refractivity contribution in [3.8, 4) is 0 Å². The second kappa shape index (κ2) is 6.66. The summed E-state index contributed by atoms with van der Waals surface area (Å²) in [4.78, 5) is 28.4. The molecule has 0 radical (unpaired) electrons. The number of nitrogens with one attached hydrogen (secondary N) is 1. The summed E-state index contributed by atoms with van der Waals surface area (Å²) in [6.45, 7) is 6.12. The zero-order valence-electron chi connectivity index (χ0n) is 17.0. The molecule has 1 N–H and O–H groups in total. The van der Waals surface area contributed by atoms with Crippen LogP contribution in [0.1, 0.15) is 51.8 Å². The number of para-hydroxylation sites is 2. The van der Waals surface area contributed by atoms with Crippen molar-refractivity contribution in [2.75, 3.05) is 10.2 Å². The van der Waals surface area contributed by atoms with Crippen molar-refractivity contribution < 1.29 is 9.59 Å². The lowest BCUT2D eigenvalue weighted by molar-refractivity contribution is -0.119. The van der Waals surface area contributed by atoms with Gasteiger partial charge in [0, 0.05) is 43.1 Å². The first kappa shape index (κ1) is 18.5. The quantitative estimate of drug-likeness (QED) is 0.834. The van der Waals surface area contributed by atoms with Gasteiger partial charge in [-0.05, 0) is 36.1 Å². The van der Waals surface area contributed by atoms with Crippen molar-refractivity contribution in [2.24, 2.45) is 12.5 Å². The molecule has 1 aromatic carbocycles. The van der Waals surface area contributed by atoms with Crippen LogP contribution < -0.4 is 10.2 Å². The minimum absolute atomic E-state index is 0.00633. The average molecular weight is 377 g/mol. The van der Waals surface area contributed by atoms with Crippen LogP contribution in [0.4, 0.5) is 11.4 Å². The smallest absolute Gasteiger partial charge is 0.227 e. The van der Waals surface area contributed by atoms with E-state index in [-0.39, 0.29) is 17.1 Å². The van der Waals surface area contributed by atoms with Crippen LogP contribution in [0, 0.1) is 5.41 Å².